The van der Waals surface area contributed by atoms with E-state index in [1.807, 2.05) is 52.8 Å². The fraction of sp³-hybridized carbons (Fsp3) is 0.385. The molecule has 6 heteroatoms. The first-order chi connectivity index (χ1) is 15.0. The van der Waals surface area contributed by atoms with Gasteiger partial charge in [-0.15, -0.1) is 0 Å². The first-order valence-corrected chi connectivity index (χ1v) is 10.9. The summed E-state index contributed by atoms with van der Waals surface area (Å²) in [5, 5.41) is 11.0. The van der Waals surface area contributed by atoms with Gasteiger partial charge in [0.05, 0.1) is 23.2 Å². The topological polar surface area (TPSA) is 94.5 Å². The van der Waals surface area contributed by atoms with Gasteiger partial charge in [0.25, 0.3) is 0 Å². The summed E-state index contributed by atoms with van der Waals surface area (Å²) < 4.78 is 6.62. The van der Waals surface area contributed by atoms with Crippen molar-refractivity contribution in [3.05, 3.63) is 58.7 Å². The minimum absolute atomic E-state index is 0.0881. The second-order valence-corrected chi connectivity index (χ2v) is 8.97. The molecule has 2 aromatic carbocycles. The SMILES string of the molecule is CCOC(=O)C(C)(C)c1ccc2c(c1)c(C(C)CN)c(-c1cc(C)cc(C)c1)n2C(=O)O. The van der Waals surface area contributed by atoms with Crippen molar-refractivity contribution < 1.29 is 19.4 Å². The summed E-state index contributed by atoms with van der Waals surface area (Å²) in [5.41, 5.74) is 11.0. The van der Waals surface area contributed by atoms with Gasteiger partial charge in [-0.25, -0.2) is 9.36 Å². The van der Waals surface area contributed by atoms with E-state index in [2.05, 4.69) is 6.07 Å². The zero-order valence-corrected chi connectivity index (χ0v) is 19.7. The Labute approximate surface area is 189 Å². The lowest BCUT2D eigenvalue weighted by molar-refractivity contribution is -0.148. The van der Waals surface area contributed by atoms with Crippen LogP contribution in [-0.4, -0.2) is 34.9 Å². The van der Waals surface area contributed by atoms with Crippen LogP contribution in [-0.2, 0) is 14.9 Å². The second-order valence-electron chi connectivity index (χ2n) is 8.97. The number of carbonyl (C=O) groups excluding carboxylic acids is 1. The van der Waals surface area contributed by atoms with Gasteiger partial charge in [0.15, 0.2) is 0 Å². The summed E-state index contributed by atoms with van der Waals surface area (Å²) in [6.45, 7) is 12.1. The van der Waals surface area contributed by atoms with Gasteiger partial charge in [-0.1, -0.05) is 30.2 Å². The van der Waals surface area contributed by atoms with Gasteiger partial charge in [0.2, 0.25) is 0 Å². The van der Waals surface area contributed by atoms with Crippen molar-refractivity contribution in [2.45, 2.75) is 52.9 Å². The van der Waals surface area contributed by atoms with Crippen molar-refractivity contribution in [1.29, 1.82) is 0 Å². The Hall–Kier alpha value is -3.12. The average Bonchev–Trinajstić information content (AvgIpc) is 3.07. The Kier molecular flexibility index (Phi) is 6.46. The lowest BCUT2D eigenvalue weighted by Gasteiger charge is -2.23. The molecule has 0 saturated carbocycles. The van der Waals surface area contributed by atoms with E-state index < -0.39 is 11.5 Å². The van der Waals surface area contributed by atoms with Gasteiger partial charge in [0.1, 0.15) is 0 Å². The van der Waals surface area contributed by atoms with E-state index in [4.69, 9.17) is 10.5 Å². The number of aromatic nitrogens is 1. The van der Waals surface area contributed by atoms with E-state index in [-0.39, 0.29) is 11.9 Å². The summed E-state index contributed by atoms with van der Waals surface area (Å²) in [7, 11) is 0. The van der Waals surface area contributed by atoms with Crippen LogP contribution < -0.4 is 5.73 Å². The van der Waals surface area contributed by atoms with Crippen LogP contribution in [0.5, 0.6) is 0 Å². The molecule has 3 rings (SSSR count). The lowest BCUT2D eigenvalue weighted by Crippen LogP contribution is -2.31. The molecule has 0 fully saturated rings. The van der Waals surface area contributed by atoms with E-state index in [1.54, 1.807) is 19.1 Å². The van der Waals surface area contributed by atoms with Gasteiger partial charge in [-0.2, -0.15) is 0 Å². The van der Waals surface area contributed by atoms with Crippen molar-refractivity contribution in [2.75, 3.05) is 13.2 Å². The predicted octanol–water partition coefficient (Wildman–Crippen LogP) is 5.35. The highest BCUT2D eigenvalue weighted by molar-refractivity contribution is 6.00. The van der Waals surface area contributed by atoms with Crippen LogP contribution in [0.25, 0.3) is 22.2 Å². The van der Waals surface area contributed by atoms with Gasteiger partial charge in [-0.3, -0.25) is 4.79 Å². The highest BCUT2D eigenvalue weighted by atomic mass is 16.5. The van der Waals surface area contributed by atoms with Crippen molar-refractivity contribution in [2.24, 2.45) is 5.73 Å². The summed E-state index contributed by atoms with van der Waals surface area (Å²) in [6, 6.07) is 11.6. The summed E-state index contributed by atoms with van der Waals surface area (Å²) in [6.07, 6.45) is -1.06. The van der Waals surface area contributed by atoms with Gasteiger partial charge < -0.3 is 15.6 Å². The third-order valence-electron chi connectivity index (χ3n) is 6.05. The van der Waals surface area contributed by atoms with Gasteiger partial charge >= 0.3 is 12.1 Å². The lowest BCUT2D eigenvalue weighted by atomic mass is 9.83. The van der Waals surface area contributed by atoms with E-state index in [0.717, 1.165) is 33.2 Å². The van der Waals surface area contributed by atoms with Gasteiger partial charge in [0, 0.05) is 5.39 Å². The number of esters is 1. The molecule has 1 atom stereocenters. The van der Waals surface area contributed by atoms with E-state index in [9.17, 15) is 14.7 Å². The van der Waals surface area contributed by atoms with E-state index in [1.165, 1.54) is 4.57 Å². The highest BCUT2D eigenvalue weighted by Gasteiger charge is 2.33. The van der Waals surface area contributed by atoms with Crippen LogP contribution in [0.1, 0.15) is 55.9 Å². The number of nitrogens with two attached hydrogens (primary N) is 1. The molecule has 1 aromatic heterocycles. The molecule has 3 N–H and O–H groups in total. The van der Waals surface area contributed by atoms with E-state index in [0.29, 0.717) is 24.4 Å². The molecule has 1 unspecified atom stereocenters. The van der Waals surface area contributed by atoms with E-state index >= 15 is 0 Å². The van der Waals surface area contributed by atoms with Crippen molar-refractivity contribution in [1.82, 2.24) is 4.57 Å². The Morgan fingerprint density at radius 2 is 1.75 bits per heavy atom. The molecule has 0 radical (unpaired) electrons. The monoisotopic (exact) mass is 436 g/mol. The molecule has 0 bridgehead atoms. The molecule has 0 aliphatic heterocycles. The first kappa shape index (κ1) is 23.5. The smallest absolute Gasteiger partial charge is 0.416 e. The average molecular weight is 437 g/mol. The Balaban J connectivity index is 2.42. The molecule has 0 aliphatic rings. The fourth-order valence-electron chi connectivity index (χ4n) is 4.34. The molecule has 3 aromatic rings. The quantitative estimate of drug-likeness (QED) is 0.508. The Morgan fingerprint density at radius 1 is 1.12 bits per heavy atom. The number of ether oxygens (including phenoxy) is 1. The molecule has 1 heterocycles. The molecule has 0 aliphatic carbocycles. The first-order valence-electron chi connectivity index (χ1n) is 10.9. The van der Waals surface area contributed by atoms with Crippen LogP contribution in [0.15, 0.2) is 36.4 Å². The standard InChI is InChI=1S/C26H32N2O4/c1-7-32-24(29)26(5,6)19-8-9-21-20(13-19)22(17(4)14-27)23(28(21)25(30)31)18-11-15(2)10-16(3)12-18/h8-13,17H,7,14,27H2,1-6H3,(H,30,31). The number of rotatable bonds is 6. The number of carboxylic acid groups (broad SMARTS) is 1. The third-order valence-corrected chi connectivity index (χ3v) is 6.05. The Morgan fingerprint density at radius 3 is 2.28 bits per heavy atom. The van der Waals surface area contributed by atoms with Crippen molar-refractivity contribution >= 4 is 23.0 Å². The molecule has 32 heavy (non-hydrogen) atoms. The number of fused-ring (bicyclic) bond motifs is 1. The van der Waals surface area contributed by atoms with Crippen LogP contribution in [0.3, 0.4) is 0 Å². The molecule has 0 saturated heterocycles. The van der Waals surface area contributed by atoms with Crippen LogP contribution >= 0.6 is 0 Å². The largest absolute Gasteiger partial charge is 0.465 e. The number of hydrogen-bond acceptors (Lipinski definition) is 4. The number of benzene rings is 2. The number of carbonyl (C=O) groups is 2. The number of aryl methyl sites for hydroxylation is 2. The molecule has 0 amide bonds. The molecular weight excluding hydrogens is 404 g/mol. The normalized spacial score (nSPS) is 12.7. The molecule has 0 spiro atoms. The summed E-state index contributed by atoms with van der Waals surface area (Å²) in [4.78, 5) is 25.0. The fourth-order valence-corrected chi connectivity index (χ4v) is 4.34. The van der Waals surface area contributed by atoms with Crippen molar-refractivity contribution in [3.63, 3.8) is 0 Å². The molecular formula is C26H32N2O4. The third kappa shape index (κ3) is 4.02. The Bertz CT molecular complexity index is 1170. The summed E-state index contributed by atoms with van der Waals surface area (Å²) >= 11 is 0. The zero-order chi connectivity index (χ0) is 23.8. The minimum Gasteiger partial charge on any atom is -0.465 e. The van der Waals surface area contributed by atoms with Crippen LogP contribution in [0.4, 0.5) is 4.79 Å². The maximum atomic E-state index is 12.6. The summed E-state index contributed by atoms with van der Waals surface area (Å²) in [5.74, 6) is -0.408. The highest BCUT2D eigenvalue weighted by Crippen LogP contribution is 2.40. The molecule has 6 nitrogen and oxygen atoms in total. The van der Waals surface area contributed by atoms with Crippen molar-refractivity contribution in [3.8, 4) is 11.3 Å². The predicted molar refractivity (Wildman–Crippen MR) is 127 cm³/mol. The second kappa shape index (κ2) is 8.79. The van der Waals surface area contributed by atoms with Crippen LogP contribution in [0.2, 0.25) is 0 Å². The maximum absolute atomic E-state index is 12.6. The minimum atomic E-state index is -1.06. The maximum Gasteiger partial charge on any atom is 0.416 e. The molecule has 170 valence electrons. The van der Waals surface area contributed by atoms with Crippen LogP contribution in [0, 0.1) is 13.8 Å². The number of nitrogens with zero attached hydrogens (tertiary/aromatic N) is 1. The zero-order valence-electron chi connectivity index (χ0n) is 19.7. The van der Waals surface area contributed by atoms with Gasteiger partial charge in [-0.05, 0) is 88.0 Å². The number of hydrogen-bond donors (Lipinski definition) is 2.